The highest BCUT2D eigenvalue weighted by Gasteiger charge is 2.11. The van der Waals surface area contributed by atoms with Gasteiger partial charge in [0.1, 0.15) is 11.5 Å². The van der Waals surface area contributed by atoms with Crippen LogP contribution in [0.5, 0.6) is 23.0 Å². The summed E-state index contributed by atoms with van der Waals surface area (Å²) in [4.78, 5) is 39.1. The molecule has 5 N–H and O–H groups in total. The minimum absolute atomic E-state index is 0. The van der Waals surface area contributed by atoms with Gasteiger partial charge in [0.2, 0.25) is 11.8 Å². The molecule has 0 saturated heterocycles. The van der Waals surface area contributed by atoms with Crippen LogP contribution in [-0.2, 0) is 9.59 Å². The number of phenols is 2. The number of alkyl halides is 1. The third-order valence-electron chi connectivity index (χ3n) is 6.17. The van der Waals surface area contributed by atoms with E-state index in [1.165, 1.54) is 55.5 Å². The third-order valence-corrected chi connectivity index (χ3v) is 9.75. The van der Waals surface area contributed by atoms with Gasteiger partial charge >= 0.3 is 0 Å². The molecule has 0 fully saturated rings. The molecule has 6 rings (SSSR count). The van der Waals surface area contributed by atoms with Crippen molar-refractivity contribution in [2.45, 2.75) is 25.6 Å². The van der Waals surface area contributed by atoms with E-state index >= 15 is 0 Å². The number of hydrogen-bond donors (Lipinski definition) is 5. The number of ether oxygens (including phenoxy) is 2. The minimum Gasteiger partial charge on any atom is -0.504 e. The van der Waals surface area contributed by atoms with Crippen LogP contribution in [0.15, 0.2) is 65.0 Å². The van der Waals surface area contributed by atoms with E-state index in [0.29, 0.717) is 28.5 Å². The summed E-state index contributed by atoms with van der Waals surface area (Å²) in [5, 5.41) is 24.1. The van der Waals surface area contributed by atoms with Crippen LogP contribution in [0.3, 0.4) is 0 Å². The number of carbonyl (C=O) groups is 2. The SMILES string of the molecule is C.COc1cc(NC(=O)CCl)ccc1O.COc1cc(NC(=O)CSc2nc3nc(C)ccc3s2)ccc1O.Cc1ccc2sc(=S)[nH]c2n1. The van der Waals surface area contributed by atoms with Gasteiger partial charge in [0.15, 0.2) is 36.9 Å². The normalized spacial score (nSPS) is 10.2. The van der Waals surface area contributed by atoms with Crippen molar-refractivity contribution in [1.82, 2.24) is 19.9 Å². The quantitative estimate of drug-likeness (QED) is 0.0436. The second kappa shape index (κ2) is 19.1. The highest BCUT2D eigenvalue weighted by atomic mass is 35.5. The van der Waals surface area contributed by atoms with E-state index < -0.39 is 0 Å². The summed E-state index contributed by atoms with van der Waals surface area (Å²) in [7, 11) is 2.89. The zero-order valence-corrected chi connectivity index (χ0v) is 30.6. The van der Waals surface area contributed by atoms with Gasteiger partial charge in [0, 0.05) is 34.9 Å². The highest BCUT2D eigenvalue weighted by molar-refractivity contribution is 8.01. The number of anilines is 2. The number of aryl methyl sites for hydroxylation is 2. The Kier molecular flexibility index (Phi) is 15.2. The number of pyridine rings is 2. The van der Waals surface area contributed by atoms with E-state index in [4.69, 9.17) is 33.3 Å². The van der Waals surface area contributed by atoms with E-state index in [-0.39, 0.29) is 42.4 Å². The topological polar surface area (TPSA) is 172 Å². The number of thiazole rings is 2. The number of nitrogens with zero attached hydrogens (tertiary/aromatic N) is 3. The van der Waals surface area contributed by atoms with E-state index in [9.17, 15) is 19.8 Å². The lowest BCUT2D eigenvalue weighted by Crippen LogP contribution is -2.13. The first-order valence-electron chi connectivity index (χ1n) is 14.2. The number of amides is 2. The summed E-state index contributed by atoms with van der Waals surface area (Å²) >= 11 is 14.7. The number of H-pyrrole nitrogens is 1. The Morgan fingerprint density at radius 2 is 1.40 bits per heavy atom. The lowest BCUT2D eigenvalue weighted by atomic mass is 10.3. The van der Waals surface area contributed by atoms with Crippen LogP contribution in [0.1, 0.15) is 18.8 Å². The molecule has 0 spiro atoms. The molecule has 4 heterocycles. The lowest BCUT2D eigenvalue weighted by Gasteiger charge is -2.07. The first-order chi connectivity index (χ1) is 23.5. The molecule has 0 radical (unpaired) electrons. The molecular weight excluding hydrogens is 740 g/mol. The Hall–Kier alpha value is -4.48. The Morgan fingerprint density at radius 3 is 1.98 bits per heavy atom. The molecule has 0 aliphatic carbocycles. The van der Waals surface area contributed by atoms with Crippen LogP contribution >= 0.6 is 58.3 Å². The number of rotatable bonds is 8. The minimum atomic E-state index is -0.306. The van der Waals surface area contributed by atoms with E-state index in [1.807, 2.05) is 38.1 Å². The monoisotopic (exact) mass is 774 g/mol. The van der Waals surface area contributed by atoms with Crippen molar-refractivity contribution >= 4 is 102 Å². The van der Waals surface area contributed by atoms with Gasteiger partial charge < -0.3 is 35.3 Å². The van der Waals surface area contributed by atoms with Crippen LogP contribution in [0.25, 0.3) is 20.7 Å². The van der Waals surface area contributed by atoms with Gasteiger partial charge in [-0.25, -0.2) is 15.0 Å². The smallest absolute Gasteiger partial charge is 0.239 e. The maximum Gasteiger partial charge on any atom is 0.239 e. The first kappa shape index (κ1) is 40.0. The number of aromatic nitrogens is 4. The van der Waals surface area contributed by atoms with Crippen LogP contribution in [0.2, 0.25) is 0 Å². The van der Waals surface area contributed by atoms with Gasteiger partial charge in [-0.05, 0) is 74.6 Å². The molecule has 2 amide bonds. The Balaban J connectivity index is 0.000000221. The first-order valence-corrected chi connectivity index (χ1v) is 17.8. The third kappa shape index (κ3) is 11.6. The fraction of sp³-hybridized carbons (Fsp3) is 0.212. The molecule has 6 aromatic rings. The van der Waals surface area contributed by atoms with Gasteiger partial charge in [0.25, 0.3) is 0 Å². The molecule has 0 atom stereocenters. The average molecular weight is 775 g/mol. The lowest BCUT2D eigenvalue weighted by molar-refractivity contribution is -0.114. The molecule has 0 unspecified atom stereocenters. The number of aromatic hydroxyl groups is 2. The summed E-state index contributed by atoms with van der Waals surface area (Å²) in [6.07, 6.45) is 0. The van der Waals surface area contributed by atoms with Crippen molar-refractivity contribution in [3.05, 3.63) is 76.0 Å². The Bertz CT molecular complexity index is 2140. The summed E-state index contributed by atoms with van der Waals surface area (Å²) < 4.78 is 13.6. The number of aromatic amines is 1. The van der Waals surface area contributed by atoms with Gasteiger partial charge in [-0.1, -0.05) is 19.2 Å². The number of nitrogens with one attached hydrogen (secondary N) is 3. The number of carbonyl (C=O) groups excluding carboxylic acids is 2. The number of thioether (sulfide) groups is 1. The molecule has 0 saturated carbocycles. The number of hydrogen-bond acceptors (Lipinski definition) is 13. The van der Waals surface area contributed by atoms with Crippen LogP contribution in [0, 0.1) is 17.8 Å². The average Bonchev–Trinajstić information content (AvgIpc) is 3.67. The maximum atomic E-state index is 12.1. The molecule has 50 heavy (non-hydrogen) atoms. The van der Waals surface area contributed by atoms with Crippen molar-refractivity contribution in [2.75, 3.05) is 36.5 Å². The van der Waals surface area contributed by atoms with Gasteiger partial charge in [-0.2, -0.15) is 0 Å². The predicted octanol–water partition coefficient (Wildman–Crippen LogP) is 8.32. The standard InChI is InChI=1S/C16H15N3O3S2.C9H10ClNO3.C7H6N2S2.CH4/c1-9-3-6-13-15(17-9)19-16(24-13)23-8-14(21)18-10-4-5-11(20)12(7-10)22-2;1-14-8-4-6(2-3-7(8)12)11-9(13)5-10;1-4-2-3-5-6(8-4)9-7(10)11-5;/h3-7,20H,8H2,1-2H3,(H,18,21);2-4,12H,5H2,1H3,(H,11,13);2-3H,1H3,(H,8,9,10);1H4. The predicted molar refractivity (Wildman–Crippen MR) is 206 cm³/mol. The second-order valence-electron chi connectivity index (χ2n) is 9.86. The maximum absolute atomic E-state index is 12.1. The van der Waals surface area contributed by atoms with Crippen molar-refractivity contribution in [3.8, 4) is 23.0 Å². The molecule has 12 nitrogen and oxygen atoms in total. The van der Waals surface area contributed by atoms with Gasteiger partial charge in [0.05, 0.1) is 29.4 Å². The van der Waals surface area contributed by atoms with Crippen LogP contribution < -0.4 is 20.1 Å². The Morgan fingerprint density at radius 1 is 0.840 bits per heavy atom. The summed E-state index contributed by atoms with van der Waals surface area (Å²) in [6, 6.07) is 17.1. The summed E-state index contributed by atoms with van der Waals surface area (Å²) in [6.45, 7) is 3.89. The molecule has 0 bridgehead atoms. The number of methoxy groups -OCH3 is 2. The molecule has 4 aromatic heterocycles. The number of benzene rings is 2. The fourth-order valence-corrected chi connectivity index (χ4v) is 6.83. The van der Waals surface area contributed by atoms with Crippen molar-refractivity contribution in [2.24, 2.45) is 0 Å². The largest absolute Gasteiger partial charge is 0.504 e. The van der Waals surface area contributed by atoms with Crippen molar-refractivity contribution in [1.29, 1.82) is 0 Å². The van der Waals surface area contributed by atoms with Gasteiger partial charge in [-0.3, -0.25) is 9.59 Å². The molecule has 17 heteroatoms. The molecular formula is C33H35ClN6O6S4. The van der Waals surface area contributed by atoms with Crippen molar-refractivity contribution < 1.29 is 29.3 Å². The zero-order valence-electron chi connectivity index (χ0n) is 26.6. The van der Waals surface area contributed by atoms with Crippen LogP contribution in [0.4, 0.5) is 11.4 Å². The number of halogens is 1. The van der Waals surface area contributed by atoms with Gasteiger partial charge in [-0.15, -0.1) is 34.3 Å². The summed E-state index contributed by atoms with van der Waals surface area (Å²) in [5.41, 5.74) is 4.65. The number of phenolic OH excluding ortho intramolecular Hbond substituents is 2. The van der Waals surface area contributed by atoms with E-state index in [0.717, 1.165) is 34.7 Å². The van der Waals surface area contributed by atoms with Crippen molar-refractivity contribution in [3.63, 3.8) is 0 Å². The fourth-order valence-electron chi connectivity index (χ4n) is 3.92. The number of fused-ring (bicyclic) bond motifs is 2. The molecule has 2 aromatic carbocycles. The molecule has 264 valence electrons. The molecule has 0 aliphatic heterocycles. The van der Waals surface area contributed by atoms with Crippen LogP contribution in [-0.4, -0.2) is 67.8 Å². The van der Waals surface area contributed by atoms with E-state index in [2.05, 4.69) is 30.6 Å². The zero-order chi connectivity index (χ0) is 35.5. The Labute approximate surface area is 310 Å². The highest BCUT2D eigenvalue weighted by Crippen LogP contribution is 2.31. The van der Waals surface area contributed by atoms with E-state index in [1.54, 1.807) is 29.5 Å². The summed E-state index contributed by atoms with van der Waals surface area (Å²) in [5.74, 6) is 0.338. The molecule has 0 aliphatic rings. The second-order valence-corrected chi connectivity index (χ2v) is 14.1.